The van der Waals surface area contributed by atoms with E-state index < -0.39 is 22.4 Å². The van der Waals surface area contributed by atoms with Crippen molar-refractivity contribution in [2.75, 3.05) is 20.1 Å². The number of pyridine rings is 1. The largest absolute Gasteiger partial charge is 0.380 e. The maximum atomic E-state index is 13.7. The first-order chi connectivity index (χ1) is 16.4. The van der Waals surface area contributed by atoms with Crippen LogP contribution in [0.25, 0.3) is 0 Å². The smallest absolute Gasteiger partial charge is 0.148 e. The van der Waals surface area contributed by atoms with Gasteiger partial charge in [0.2, 0.25) is 0 Å². The van der Waals surface area contributed by atoms with Crippen molar-refractivity contribution in [2.45, 2.75) is 44.8 Å². The molecule has 0 amide bonds. The fraction of sp³-hybridized carbons (Fsp3) is 0.367. The summed E-state index contributed by atoms with van der Waals surface area (Å²) in [6.07, 6.45) is 3.30. The number of hydrogen-bond donors (Lipinski definition) is 2. The molecule has 1 fully saturated rings. The Balaban J connectivity index is 1.75. The van der Waals surface area contributed by atoms with Gasteiger partial charge in [-0.15, -0.1) is 0 Å². The fourth-order valence-corrected chi connectivity index (χ4v) is 5.11. The predicted octanol–water partition coefficient (Wildman–Crippen LogP) is 4.79. The van der Waals surface area contributed by atoms with Crippen LogP contribution < -0.4 is 0 Å². The molecule has 0 aliphatic carbocycles. The van der Waals surface area contributed by atoms with Crippen molar-refractivity contribution in [2.24, 2.45) is 5.41 Å². The summed E-state index contributed by atoms with van der Waals surface area (Å²) in [7, 11) is 2.04. The predicted molar refractivity (Wildman–Crippen MR) is 136 cm³/mol. The van der Waals surface area contributed by atoms with Crippen LogP contribution in [0.4, 0.5) is 4.39 Å². The number of benzene rings is 2. The van der Waals surface area contributed by atoms with Gasteiger partial charge < -0.3 is 15.1 Å². The second kappa shape index (κ2) is 9.20. The third-order valence-corrected chi connectivity index (χ3v) is 7.10. The molecule has 5 heteroatoms. The molecule has 0 radical (unpaired) electrons. The molecule has 1 aromatic heterocycles. The second-order valence-electron chi connectivity index (χ2n) is 10.5. The third-order valence-electron chi connectivity index (χ3n) is 7.10. The summed E-state index contributed by atoms with van der Waals surface area (Å²) in [6, 6.07) is 15.8. The minimum absolute atomic E-state index is 0.376. The third kappa shape index (κ3) is 4.75. The molecule has 1 aliphatic rings. The van der Waals surface area contributed by atoms with Crippen molar-refractivity contribution in [1.29, 1.82) is 0 Å². The lowest BCUT2D eigenvalue weighted by Crippen LogP contribution is -2.63. The van der Waals surface area contributed by atoms with Crippen molar-refractivity contribution >= 4 is 0 Å². The number of nitrogens with zero attached hydrogens (tertiary/aromatic N) is 2. The summed E-state index contributed by atoms with van der Waals surface area (Å²) in [5.41, 5.74) is 0.396. The first-order valence-electron chi connectivity index (χ1n) is 11.9. The van der Waals surface area contributed by atoms with Gasteiger partial charge in [-0.2, -0.15) is 0 Å². The molecule has 1 unspecified atom stereocenters. The number of halogens is 1. The van der Waals surface area contributed by atoms with Crippen LogP contribution in [0.2, 0.25) is 0 Å². The Morgan fingerprint density at radius 1 is 1.00 bits per heavy atom. The Hall–Kier alpha value is -3.04. The summed E-state index contributed by atoms with van der Waals surface area (Å²) in [5, 5.41) is 23.2. The average Bonchev–Trinajstić information content (AvgIpc) is 2.81. The molecule has 4 nitrogen and oxygen atoms in total. The van der Waals surface area contributed by atoms with E-state index in [2.05, 4.69) is 54.6 Å². The molecule has 2 aromatic carbocycles. The van der Waals surface area contributed by atoms with Crippen LogP contribution in [-0.2, 0) is 11.2 Å². The summed E-state index contributed by atoms with van der Waals surface area (Å²) >= 11 is 0. The van der Waals surface area contributed by atoms with Gasteiger partial charge >= 0.3 is 0 Å². The SMILES string of the molecule is CC(C)c1ccc([C@](O)(c2cncc(C#CC(C)(O)c3cccc(F)c3)c2)C2(C)CN(C)C2)cc1. The highest BCUT2D eigenvalue weighted by Gasteiger charge is 2.55. The van der Waals surface area contributed by atoms with Gasteiger partial charge in [-0.1, -0.05) is 69.0 Å². The first kappa shape index (κ1) is 25.1. The highest BCUT2D eigenvalue weighted by Crippen LogP contribution is 2.50. The van der Waals surface area contributed by atoms with Gasteiger partial charge in [0.25, 0.3) is 0 Å². The Morgan fingerprint density at radius 3 is 2.29 bits per heavy atom. The molecular weight excluding hydrogens is 439 g/mol. The molecular formula is C30H33FN2O2. The van der Waals surface area contributed by atoms with Crippen LogP contribution in [0.5, 0.6) is 0 Å². The highest BCUT2D eigenvalue weighted by atomic mass is 19.1. The Kier molecular flexibility index (Phi) is 6.59. The molecule has 1 aliphatic heterocycles. The average molecular weight is 473 g/mol. The zero-order valence-electron chi connectivity index (χ0n) is 21.0. The van der Waals surface area contributed by atoms with Crippen molar-refractivity contribution in [3.8, 4) is 11.8 Å². The molecule has 4 rings (SSSR count). The van der Waals surface area contributed by atoms with E-state index in [1.54, 1.807) is 24.5 Å². The van der Waals surface area contributed by atoms with Crippen molar-refractivity contribution < 1.29 is 14.6 Å². The van der Waals surface area contributed by atoms with E-state index in [4.69, 9.17) is 0 Å². The van der Waals surface area contributed by atoms with Gasteiger partial charge in [0, 0.05) is 42.0 Å². The number of rotatable bonds is 5. The van der Waals surface area contributed by atoms with E-state index in [-0.39, 0.29) is 0 Å². The highest BCUT2D eigenvalue weighted by molar-refractivity contribution is 5.46. The molecule has 0 saturated carbocycles. The van der Waals surface area contributed by atoms with E-state index in [1.807, 2.05) is 25.2 Å². The van der Waals surface area contributed by atoms with Gasteiger partial charge in [0.05, 0.1) is 0 Å². The van der Waals surface area contributed by atoms with E-state index >= 15 is 0 Å². The standard InChI is InChI=1S/C30H33FN2O2/c1-21(2)23-9-11-24(12-10-23)30(35,28(3)19-33(5)20-28)26-15-22(17-32-18-26)13-14-29(4,34)25-7-6-8-27(31)16-25/h6-12,15-18,21,34-35H,19-20H2,1-5H3/t29?,30-/m0/s1. The molecule has 2 N–H and O–H groups in total. The van der Waals surface area contributed by atoms with Gasteiger partial charge in [-0.05, 0) is 54.8 Å². The summed E-state index contributed by atoms with van der Waals surface area (Å²) in [6.45, 7) is 9.39. The van der Waals surface area contributed by atoms with Gasteiger partial charge in [-0.3, -0.25) is 4.98 Å². The Labute approximate surface area is 207 Å². The van der Waals surface area contributed by atoms with Crippen LogP contribution in [0.15, 0.2) is 67.0 Å². The van der Waals surface area contributed by atoms with Gasteiger partial charge in [0.15, 0.2) is 0 Å². The molecule has 0 spiro atoms. The van der Waals surface area contributed by atoms with Crippen LogP contribution in [0.3, 0.4) is 0 Å². The van der Waals surface area contributed by atoms with E-state index in [0.29, 0.717) is 22.6 Å². The topological polar surface area (TPSA) is 56.6 Å². The lowest BCUT2D eigenvalue weighted by Gasteiger charge is -2.55. The monoisotopic (exact) mass is 472 g/mol. The minimum atomic E-state index is -1.54. The van der Waals surface area contributed by atoms with Crippen LogP contribution in [0.1, 0.15) is 61.4 Å². The van der Waals surface area contributed by atoms with Crippen molar-refractivity contribution in [3.63, 3.8) is 0 Å². The quantitative estimate of drug-likeness (QED) is 0.524. The molecule has 35 heavy (non-hydrogen) atoms. The Morgan fingerprint density at radius 2 is 1.69 bits per heavy atom. The zero-order chi connectivity index (χ0) is 25.4. The van der Waals surface area contributed by atoms with E-state index in [1.165, 1.54) is 24.6 Å². The molecule has 2 atom stereocenters. The summed E-state index contributed by atoms with van der Waals surface area (Å²) in [4.78, 5) is 6.56. The summed E-state index contributed by atoms with van der Waals surface area (Å²) in [5.74, 6) is 5.79. The lowest BCUT2D eigenvalue weighted by atomic mass is 9.62. The zero-order valence-corrected chi connectivity index (χ0v) is 21.0. The molecule has 1 saturated heterocycles. The lowest BCUT2D eigenvalue weighted by molar-refractivity contribution is -0.127. The number of hydrogen-bond acceptors (Lipinski definition) is 4. The van der Waals surface area contributed by atoms with Gasteiger partial charge in [-0.25, -0.2) is 4.39 Å². The van der Waals surface area contributed by atoms with E-state index in [0.717, 1.165) is 18.7 Å². The second-order valence-corrected chi connectivity index (χ2v) is 10.5. The van der Waals surface area contributed by atoms with Crippen LogP contribution >= 0.6 is 0 Å². The molecule has 182 valence electrons. The molecule has 0 bridgehead atoms. The normalized spacial score (nSPS) is 18.7. The van der Waals surface area contributed by atoms with Crippen LogP contribution in [-0.4, -0.2) is 40.2 Å². The number of aromatic nitrogens is 1. The maximum absolute atomic E-state index is 13.7. The molecule has 3 aromatic rings. The Bertz CT molecular complexity index is 1270. The van der Waals surface area contributed by atoms with Crippen molar-refractivity contribution in [3.05, 3.63) is 101 Å². The number of likely N-dealkylation sites (tertiary alicyclic amines) is 1. The van der Waals surface area contributed by atoms with Gasteiger partial charge in [0.1, 0.15) is 17.0 Å². The van der Waals surface area contributed by atoms with Crippen molar-refractivity contribution in [1.82, 2.24) is 9.88 Å². The fourth-order valence-electron chi connectivity index (χ4n) is 5.11. The number of aliphatic hydroxyl groups is 2. The summed E-state index contributed by atoms with van der Waals surface area (Å²) < 4.78 is 13.7. The minimum Gasteiger partial charge on any atom is -0.380 e. The van der Waals surface area contributed by atoms with Crippen LogP contribution in [0, 0.1) is 23.1 Å². The first-order valence-corrected chi connectivity index (χ1v) is 11.9. The molecule has 2 heterocycles. The van der Waals surface area contributed by atoms with E-state index in [9.17, 15) is 14.6 Å². The maximum Gasteiger partial charge on any atom is 0.148 e.